The van der Waals surface area contributed by atoms with E-state index in [2.05, 4.69) is 12.1 Å². The first-order chi connectivity index (χ1) is 9.56. The molecule has 0 amide bonds. The van der Waals surface area contributed by atoms with Crippen LogP contribution in [-0.4, -0.2) is 10.1 Å². The SMILES string of the molecule is CCC(C)(N)c1noc(C2C3CC4CC(C3)CC2C4)n1. The van der Waals surface area contributed by atoms with Crippen LogP contribution in [0.3, 0.4) is 0 Å². The smallest absolute Gasteiger partial charge is 0.230 e. The fraction of sp³-hybridized carbons (Fsp3) is 0.875. The van der Waals surface area contributed by atoms with Crippen molar-refractivity contribution < 1.29 is 4.52 Å². The zero-order valence-corrected chi connectivity index (χ0v) is 12.5. The molecular weight excluding hydrogens is 250 g/mol. The summed E-state index contributed by atoms with van der Waals surface area (Å²) in [5, 5.41) is 4.18. The lowest BCUT2D eigenvalue weighted by molar-refractivity contribution is -0.0131. The molecule has 5 rings (SSSR count). The number of nitrogens with two attached hydrogens (primary N) is 1. The van der Waals surface area contributed by atoms with Gasteiger partial charge in [0.05, 0.1) is 5.54 Å². The van der Waals surface area contributed by atoms with Gasteiger partial charge in [-0.1, -0.05) is 12.1 Å². The minimum absolute atomic E-state index is 0.465. The van der Waals surface area contributed by atoms with Crippen molar-refractivity contribution in [1.82, 2.24) is 10.1 Å². The summed E-state index contributed by atoms with van der Waals surface area (Å²) >= 11 is 0. The van der Waals surface area contributed by atoms with Crippen LogP contribution in [-0.2, 0) is 5.54 Å². The Bertz CT molecular complexity index is 480. The predicted octanol–water partition coefficient (Wildman–Crippen LogP) is 3.19. The maximum Gasteiger partial charge on any atom is 0.230 e. The molecule has 0 spiro atoms. The maximum absolute atomic E-state index is 6.24. The van der Waals surface area contributed by atoms with Crippen molar-refractivity contribution in [3.63, 3.8) is 0 Å². The molecule has 4 heteroatoms. The molecule has 110 valence electrons. The molecule has 4 bridgehead atoms. The van der Waals surface area contributed by atoms with E-state index in [1.54, 1.807) is 0 Å². The van der Waals surface area contributed by atoms with Gasteiger partial charge in [0, 0.05) is 5.92 Å². The first-order valence-corrected chi connectivity index (χ1v) is 8.19. The highest BCUT2D eigenvalue weighted by atomic mass is 16.5. The highest BCUT2D eigenvalue weighted by Crippen LogP contribution is 2.59. The van der Waals surface area contributed by atoms with E-state index >= 15 is 0 Å². The lowest BCUT2D eigenvalue weighted by Crippen LogP contribution is -2.44. The molecule has 20 heavy (non-hydrogen) atoms. The lowest BCUT2D eigenvalue weighted by atomic mass is 9.52. The Hall–Kier alpha value is -0.900. The van der Waals surface area contributed by atoms with E-state index in [-0.39, 0.29) is 0 Å². The molecule has 0 radical (unpaired) electrons. The molecule has 4 saturated carbocycles. The Labute approximate surface area is 120 Å². The van der Waals surface area contributed by atoms with Crippen molar-refractivity contribution in [1.29, 1.82) is 0 Å². The lowest BCUT2D eigenvalue weighted by Gasteiger charge is -2.53. The third-order valence-electron chi connectivity index (χ3n) is 6.20. The Kier molecular flexibility index (Phi) is 2.75. The van der Waals surface area contributed by atoms with Crippen molar-refractivity contribution in [3.05, 3.63) is 11.7 Å². The molecule has 0 aromatic carbocycles. The van der Waals surface area contributed by atoms with Gasteiger partial charge in [-0.3, -0.25) is 0 Å². The summed E-state index contributed by atoms with van der Waals surface area (Å²) in [7, 11) is 0. The summed E-state index contributed by atoms with van der Waals surface area (Å²) in [5.41, 5.74) is 5.78. The molecule has 0 saturated heterocycles. The van der Waals surface area contributed by atoms with Gasteiger partial charge in [-0.15, -0.1) is 0 Å². The summed E-state index contributed by atoms with van der Waals surface area (Å²) in [4.78, 5) is 4.70. The van der Waals surface area contributed by atoms with Crippen LogP contribution >= 0.6 is 0 Å². The van der Waals surface area contributed by atoms with E-state index < -0.39 is 5.54 Å². The maximum atomic E-state index is 6.24. The Morgan fingerprint density at radius 3 is 2.30 bits per heavy atom. The van der Waals surface area contributed by atoms with Crippen LogP contribution in [0.25, 0.3) is 0 Å². The second kappa shape index (κ2) is 4.30. The standard InChI is InChI=1S/C16H25N3O/c1-3-16(2,17)15-18-14(20-19-15)13-11-5-9-4-10(7-11)8-12(13)6-9/h9-13H,3-8,17H2,1-2H3. The molecule has 1 aromatic rings. The van der Waals surface area contributed by atoms with E-state index in [1.165, 1.54) is 32.1 Å². The molecular formula is C16H25N3O. The summed E-state index contributed by atoms with van der Waals surface area (Å²) < 4.78 is 5.64. The topological polar surface area (TPSA) is 64.9 Å². The van der Waals surface area contributed by atoms with Crippen LogP contribution in [0.15, 0.2) is 4.52 Å². The zero-order chi connectivity index (χ0) is 13.9. The van der Waals surface area contributed by atoms with Gasteiger partial charge in [0.1, 0.15) is 0 Å². The molecule has 4 fully saturated rings. The van der Waals surface area contributed by atoms with E-state index in [0.29, 0.717) is 11.7 Å². The van der Waals surface area contributed by atoms with Crippen molar-refractivity contribution in [2.45, 2.75) is 63.8 Å². The minimum Gasteiger partial charge on any atom is -0.339 e. The highest BCUT2D eigenvalue weighted by Gasteiger charge is 2.50. The van der Waals surface area contributed by atoms with Gasteiger partial charge in [0.2, 0.25) is 5.89 Å². The number of rotatable bonds is 3. The quantitative estimate of drug-likeness (QED) is 0.920. The zero-order valence-electron chi connectivity index (χ0n) is 12.5. The fourth-order valence-corrected chi connectivity index (χ4v) is 5.09. The van der Waals surface area contributed by atoms with Crippen LogP contribution in [0.1, 0.15) is 70.0 Å². The second-order valence-corrected chi connectivity index (χ2v) is 7.68. The largest absolute Gasteiger partial charge is 0.339 e. The van der Waals surface area contributed by atoms with E-state index in [0.717, 1.165) is 36.0 Å². The molecule has 0 aliphatic heterocycles. The number of hydrogen-bond donors (Lipinski definition) is 1. The van der Waals surface area contributed by atoms with Crippen LogP contribution < -0.4 is 5.73 Å². The summed E-state index contributed by atoms with van der Waals surface area (Å²) in [6.45, 7) is 4.05. The Morgan fingerprint density at radius 2 is 1.75 bits per heavy atom. The summed E-state index contributed by atoms with van der Waals surface area (Å²) in [6, 6.07) is 0. The van der Waals surface area contributed by atoms with Crippen molar-refractivity contribution >= 4 is 0 Å². The average molecular weight is 275 g/mol. The predicted molar refractivity (Wildman–Crippen MR) is 75.9 cm³/mol. The molecule has 1 atom stereocenters. The summed E-state index contributed by atoms with van der Waals surface area (Å²) in [5.74, 6) is 5.59. The third-order valence-corrected chi connectivity index (χ3v) is 6.20. The van der Waals surface area contributed by atoms with Crippen LogP contribution in [0.5, 0.6) is 0 Å². The molecule has 4 aliphatic rings. The van der Waals surface area contributed by atoms with Gasteiger partial charge in [0.15, 0.2) is 5.82 Å². The molecule has 4 aliphatic carbocycles. The van der Waals surface area contributed by atoms with Crippen LogP contribution in [0, 0.1) is 23.7 Å². The van der Waals surface area contributed by atoms with Crippen molar-refractivity contribution in [2.75, 3.05) is 0 Å². The van der Waals surface area contributed by atoms with Gasteiger partial charge in [-0.2, -0.15) is 4.98 Å². The van der Waals surface area contributed by atoms with Crippen LogP contribution in [0.4, 0.5) is 0 Å². The molecule has 1 unspecified atom stereocenters. The van der Waals surface area contributed by atoms with Gasteiger partial charge < -0.3 is 10.3 Å². The highest BCUT2D eigenvalue weighted by molar-refractivity contribution is 5.11. The van der Waals surface area contributed by atoms with E-state index in [4.69, 9.17) is 15.2 Å². The normalized spacial score (nSPS) is 41.9. The molecule has 2 N–H and O–H groups in total. The van der Waals surface area contributed by atoms with Gasteiger partial charge >= 0.3 is 0 Å². The van der Waals surface area contributed by atoms with Crippen molar-refractivity contribution in [3.8, 4) is 0 Å². The van der Waals surface area contributed by atoms with Crippen LogP contribution in [0.2, 0.25) is 0 Å². The monoisotopic (exact) mass is 275 g/mol. The Balaban J connectivity index is 1.62. The Morgan fingerprint density at radius 1 is 1.15 bits per heavy atom. The summed E-state index contributed by atoms with van der Waals surface area (Å²) in [6.07, 6.45) is 7.82. The number of nitrogens with zero attached hydrogens (tertiary/aromatic N) is 2. The molecule has 4 nitrogen and oxygen atoms in total. The van der Waals surface area contributed by atoms with E-state index in [9.17, 15) is 0 Å². The number of aromatic nitrogens is 2. The van der Waals surface area contributed by atoms with Gasteiger partial charge in [0.25, 0.3) is 0 Å². The van der Waals surface area contributed by atoms with Crippen molar-refractivity contribution in [2.24, 2.45) is 29.4 Å². The van der Waals surface area contributed by atoms with Gasteiger partial charge in [-0.05, 0) is 69.1 Å². The third kappa shape index (κ3) is 1.84. The average Bonchev–Trinajstić information content (AvgIpc) is 2.88. The number of hydrogen-bond acceptors (Lipinski definition) is 4. The first-order valence-electron chi connectivity index (χ1n) is 8.19. The van der Waals surface area contributed by atoms with Gasteiger partial charge in [-0.25, -0.2) is 0 Å². The first kappa shape index (κ1) is 12.8. The molecule has 1 heterocycles. The second-order valence-electron chi connectivity index (χ2n) is 7.68. The van der Waals surface area contributed by atoms with E-state index in [1.807, 2.05) is 6.92 Å². The fourth-order valence-electron chi connectivity index (χ4n) is 5.09. The molecule has 1 aromatic heterocycles. The minimum atomic E-state index is -0.465.